The number of aryl methyl sites for hydroxylation is 1. The third-order valence-electron chi connectivity index (χ3n) is 2.37. The average Bonchev–Trinajstić information content (AvgIpc) is 2.72. The summed E-state index contributed by atoms with van der Waals surface area (Å²) in [4.78, 5) is 1.39. The van der Waals surface area contributed by atoms with Gasteiger partial charge in [-0.3, -0.25) is 0 Å². The van der Waals surface area contributed by atoms with Gasteiger partial charge in [0.05, 0.1) is 7.05 Å². The summed E-state index contributed by atoms with van der Waals surface area (Å²) in [7, 11) is 1.71. The van der Waals surface area contributed by atoms with Gasteiger partial charge in [-0.2, -0.15) is 4.80 Å². The SMILES string of the molecule is C[C@@H](N)c1ccc(Br)cc1OCc1nnn(C)n1. The third kappa shape index (κ3) is 3.05. The zero-order valence-electron chi connectivity index (χ0n) is 10.2. The predicted molar refractivity (Wildman–Crippen MR) is 69.9 cm³/mol. The van der Waals surface area contributed by atoms with E-state index in [4.69, 9.17) is 10.5 Å². The summed E-state index contributed by atoms with van der Waals surface area (Å²) in [6.45, 7) is 2.18. The molecule has 1 heterocycles. The lowest BCUT2D eigenvalue weighted by molar-refractivity contribution is 0.290. The Morgan fingerprint density at radius 2 is 2.28 bits per heavy atom. The van der Waals surface area contributed by atoms with Crippen molar-refractivity contribution in [3.8, 4) is 5.75 Å². The van der Waals surface area contributed by atoms with Crippen molar-refractivity contribution in [1.29, 1.82) is 0 Å². The molecule has 6 nitrogen and oxygen atoms in total. The first-order chi connectivity index (χ1) is 8.56. The van der Waals surface area contributed by atoms with E-state index in [0.717, 1.165) is 15.8 Å². The van der Waals surface area contributed by atoms with E-state index in [-0.39, 0.29) is 12.6 Å². The van der Waals surface area contributed by atoms with Crippen LogP contribution in [0.4, 0.5) is 0 Å². The van der Waals surface area contributed by atoms with E-state index in [1.807, 2.05) is 25.1 Å². The molecule has 18 heavy (non-hydrogen) atoms. The molecule has 0 aliphatic carbocycles. The highest BCUT2D eigenvalue weighted by atomic mass is 79.9. The Morgan fingerprint density at radius 3 is 2.89 bits per heavy atom. The molecular weight excluding hydrogens is 298 g/mol. The fraction of sp³-hybridized carbons (Fsp3) is 0.364. The molecule has 0 aliphatic rings. The molecule has 0 bridgehead atoms. The van der Waals surface area contributed by atoms with Crippen LogP contribution in [0.15, 0.2) is 22.7 Å². The molecule has 2 aromatic rings. The van der Waals surface area contributed by atoms with Crippen LogP contribution in [0.25, 0.3) is 0 Å². The maximum atomic E-state index is 5.89. The Hall–Kier alpha value is -1.47. The first-order valence-electron chi connectivity index (χ1n) is 5.47. The molecule has 0 unspecified atom stereocenters. The smallest absolute Gasteiger partial charge is 0.212 e. The second kappa shape index (κ2) is 5.45. The van der Waals surface area contributed by atoms with E-state index in [9.17, 15) is 0 Å². The van der Waals surface area contributed by atoms with E-state index in [0.29, 0.717) is 5.82 Å². The van der Waals surface area contributed by atoms with Crippen molar-refractivity contribution < 1.29 is 4.74 Å². The van der Waals surface area contributed by atoms with Crippen molar-refractivity contribution in [2.45, 2.75) is 19.6 Å². The van der Waals surface area contributed by atoms with Gasteiger partial charge in [0.25, 0.3) is 0 Å². The van der Waals surface area contributed by atoms with Crippen molar-refractivity contribution >= 4 is 15.9 Å². The molecule has 0 fully saturated rings. The molecule has 0 saturated carbocycles. The number of rotatable bonds is 4. The van der Waals surface area contributed by atoms with Crippen LogP contribution in [0.1, 0.15) is 24.4 Å². The molecule has 7 heteroatoms. The number of tetrazole rings is 1. The molecule has 2 N–H and O–H groups in total. The normalized spacial score (nSPS) is 12.4. The number of nitrogens with two attached hydrogens (primary N) is 1. The largest absolute Gasteiger partial charge is 0.485 e. The van der Waals surface area contributed by atoms with Gasteiger partial charge < -0.3 is 10.5 Å². The minimum absolute atomic E-state index is 0.0945. The fourth-order valence-electron chi connectivity index (χ4n) is 1.53. The van der Waals surface area contributed by atoms with Crippen LogP contribution >= 0.6 is 15.9 Å². The summed E-state index contributed by atoms with van der Waals surface area (Å²) in [6.07, 6.45) is 0. The third-order valence-corrected chi connectivity index (χ3v) is 2.87. The molecule has 96 valence electrons. The Bertz CT molecular complexity index is 540. The van der Waals surface area contributed by atoms with Crippen molar-refractivity contribution in [3.63, 3.8) is 0 Å². The lowest BCUT2D eigenvalue weighted by Gasteiger charge is -2.13. The Balaban J connectivity index is 2.15. The molecule has 1 aromatic carbocycles. The molecule has 0 aliphatic heterocycles. The highest BCUT2D eigenvalue weighted by Gasteiger charge is 2.10. The Labute approximate surface area is 113 Å². The van der Waals surface area contributed by atoms with E-state index in [2.05, 4.69) is 31.3 Å². The zero-order valence-corrected chi connectivity index (χ0v) is 11.8. The Morgan fingerprint density at radius 1 is 1.50 bits per heavy atom. The van der Waals surface area contributed by atoms with E-state index in [1.165, 1.54) is 4.80 Å². The number of hydrogen-bond acceptors (Lipinski definition) is 5. The molecule has 0 spiro atoms. The first kappa shape index (κ1) is 13.0. The van der Waals surface area contributed by atoms with Crippen LogP contribution in [0.3, 0.4) is 0 Å². The fourth-order valence-corrected chi connectivity index (χ4v) is 1.87. The van der Waals surface area contributed by atoms with Gasteiger partial charge >= 0.3 is 0 Å². The molecular formula is C11H14BrN5O. The number of benzene rings is 1. The minimum atomic E-state index is -0.0945. The minimum Gasteiger partial charge on any atom is -0.485 e. The van der Waals surface area contributed by atoms with Crippen LogP contribution in [0.2, 0.25) is 0 Å². The van der Waals surface area contributed by atoms with Gasteiger partial charge in [0.2, 0.25) is 5.82 Å². The molecule has 0 saturated heterocycles. The highest BCUT2D eigenvalue weighted by Crippen LogP contribution is 2.28. The van der Waals surface area contributed by atoms with Crippen molar-refractivity contribution in [1.82, 2.24) is 20.2 Å². The Kier molecular flexibility index (Phi) is 3.93. The zero-order chi connectivity index (χ0) is 13.1. The highest BCUT2D eigenvalue weighted by molar-refractivity contribution is 9.10. The number of nitrogens with zero attached hydrogens (tertiary/aromatic N) is 4. The van der Waals surface area contributed by atoms with Crippen molar-refractivity contribution in [2.75, 3.05) is 0 Å². The predicted octanol–water partition coefficient (Wildman–Crippen LogP) is 1.57. The van der Waals surface area contributed by atoms with Crippen molar-refractivity contribution in [3.05, 3.63) is 34.1 Å². The lowest BCUT2D eigenvalue weighted by atomic mass is 10.1. The first-order valence-corrected chi connectivity index (χ1v) is 6.26. The van der Waals surface area contributed by atoms with Crippen LogP contribution < -0.4 is 10.5 Å². The monoisotopic (exact) mass is 311 g/mol. The number of halogens is 1. The molecule has 0 radical (unpaired) electrons. The van der Waals surface area contributed by atoms with E-state index < -0.39 is 0 Å². The summed E-state index contributed by atoms with van der Waals surface area (Å²) < 4.78 is 6.63. The standard InChI is InChI=1S/C11H14BrN5O/c1-7(13)9-4-3-8(12)5-10(9)18-6-11-14-16-17(2)15-11/h3-5,7H,6,13H2,1-2H3/t7-/m1/s1. The van der Waals surface area contributed by atoms with Gasteiger partial charge in [-0.25, -0.2) is 0 Å². The summed E-state index contributed by atoms with van der Waals surface area (Å²) in [5, 5.41) is 11.7. The second-order valence-corrected chi connectivity index (χ2v) is 4.87. The molecule has 1 aromatic heterocycles. The van der Waals surface area contributed by atoms with Gasteiger partial charge in [-0.15, -0.1) is 10.2 Å². The van der Waals surface area contributed by atoms with Crippen LogP contribution in [0.5, 0.6) is 5.75 Å². The van der Waals surface area contributed by atoms with E-state index in [1.54, 1.807) is 7.05 Å². The molecule has 0 amide bonds. The van der Waals surface area contributed by atoms with Gasteiger partial charge in [0.15, 0.2) is 6.61 Å². The summed E-state index contributed by atoms with van der Waals surface area (Å²) in [6, 6.07) is 5.66. The molecule has 1 atom stereocenters. The topological polar surface area (TPSA) is 78.9 Å². The van der Waals surface area contributed by atoms with Crippen LogP contribution in [0, 0.1) is 0 Å². The van der Waals surface area contributed by atoms with E-state index >= 15 is 0 Å². The van der Waals surface area contributed by atoms with Crippen LogP contribution in [-0.4, -0.2) is 20.2 Å². The van der Waals surface area contributed by atoms with Gasteiger partial charge in [-0.1, -0.05) is 22.0 Å². The number of hydrogen-bond donors (Lipinski definition) is 1. The number of aromatic nitrogens is 4. The lowest BCUT2D eigenvalue weighted by Crippen LogP contribution is -2.08. The summed E-state index contributed by atoms with van der Waals surface area (Å²) >= 11 is 3.41. The van der Waals surface area contributed by atoms with Crippen LogP contribution in [-0.2, 0) is 13.7 Å². The maximum Gasteiger partial charge on any atom is 0.212 e. The summed E-state index contributed by atoms with van der Waals surface area (Å²) in [5.74, 6) is 1.26. The van der Waals surface area contributed by atoms with Gasteiger partial charge in [-0.05, 0) is 24.3 Å². The summed E-state index contributed by atoms with van der Waals surface area (Å²) in [5.41, 5.74) is 6.84. The quantitative estimate of drug-likeness (QED) is 0.927. The van der Waals surface area contributed by atoms with Crippen molar-refractivity contribution in [2.24, 2.45) is 12.8 Å². The van der Waals surface area contributed by atoms with Gasteiger partial charge in [0.1, 0.15) is 5.75 Å². The second-order valence-electron chi connectivity index (χ2n) is 3.95. The number of ether oxygens (including phenoxy) is 1. The molecule has 2 rings (SSSR count). The maximum absolute atomic E-state index is 5.89. The van der Waals surface area contributed by atoms with Gasteiger partial charge in [0, 0.05) is 16.1 Å². The average molecular weight is 312 g/mol.